The van der Waals surface area contributed by atoms with E-state index in [0.717, 1.165) is 19.3 Å². The first kappa shape index (κ1) is 13.2. The molecule has 0 aromatic heterocycles. The van der Waals surface area contributed by atoms with Gasteiger partial charge in [-0.15, -0.1) is 0 Å². The van der Waals surface area contributed by atoms with E-state index >= 15 is 0 Å². The van der Waals surface area contributed by atoms with E-state index in [4.69, 9.17) is 0 Å². The van der Waals surface area contributed by atoms with Gasteiger partial charge in [0.05, 0.1) is 0 Å². The van der Waals surface area contributed by atoms with E-state index in [1.807, 2.05) is 6.07 Å². The normalized spacial score (nSPS) is 10.8. The number of hydrogen-bond acceptors (Lipinski definition) is 1. The standard InChI is InChI=1S/C17H19S/c18-17(13-11-15-7-3-1-4-8-15)14-12-16-9-5-2-6-10-16/h1-11,17-18H,12-14H2. The lowest BCUT2D eigenvalue weighted by Crippen LogP contribution is -2.01. The van der Waals surface area contributed by atoms with E-state index in [1.165, 1.54) is 11.1 Å². The highest BCUT2D eigenvalue weighted by atomic mass is 32.1. The summed E-state index contributed by atoms with van der Waals surface area (Å²) in [5, 5.41) is 0.436. The van der Waals surface area contributed by atoms with Crippen LogP contribution in [0.5, 0.6) is 0 Å². The molecule has 0 fully saturated rings. The number of hydrogen-bond donors (Lipinski definition) is 1. The van der Waals surface area contributed by atoms with Crippen LogP contribution in [0.25, 0.3) is 0 Å². The monoisotopic (exact) mass is 255 g/mol. The molecule has 0 N–H and O–H groups in total. The molecule has 0 saturated carbocycles. The molecule has 1 unspecified atom stereocenters. The number of aryl methyl sites for hydroxylation is 1. The van der Waals surface area contributed by atoms with Gasteiger partial charge in [0.25, 0.3) is 0 Å². The summed E-state index contributed by atoms with van der Waals surface area (Å²) in [6, 6.07) is 21.1. The van der Waals surface area contributed by atoms with Crippen molar-refractivity contribution in [2.45, 2.75) is 24.5 Å². The molecule has 0 nitrogen and oxygen atoms in total. The van der Waals surface area contributed by atoms with Crippen LogP contribution in [-0.2, 0) is 6.42 Å². The molecule has 0 bridgehead atoms. The molecule has 2 aromatic carbocycles. The molecule has 0 aliphatic heterocycles. The van der Waals surface area contributed by atoms with Gasteiger partial charge in [-0.2, -0.15) is 12.6 Å². The maximum atomic E-state index is 4.66. The van der Waals surface area contributed by atoms with Crippen LogP contribution < -0.4 is 0 Å². The lowest BCUT2D eigenvalue weighted by Gasteiger charge is -2.10. The summed E-state index contributed by atoms with van der Waals surface area (Å²) in [4.78, 5) is 0. The topological polar surface area (TPSA) is 0 Å². The lowest BCUT2D eigenvalue weighted by atomic mass is 10.0. The fourth-order valence-electron chi connectivity index (χ4n) is 1.96. The third-order valence-electron chi connectivity index (χ3n) is 3.03. The second-order valence-corrected chi connectivity index (χ2v) is 5.26. The van der Waals surface area contributed by atoms with Crippen molar-refractivity contribution in [2.75, 3.05) is 0 Å². The molecule has 0 heterocycles. The Morgan fingerprint density at radius 2 is 1.50 bits per heavy atom. The van der Waals surface area contributed by atoms with Crippen molar-refractivity contribution < 1.29 is 0 Å². The fourth-order valence-corrected chi connectivity index (χ4v) is 2.19. The van der Waals surface area contributed by atoms with E-state index < -0.39 is 0 Å². The summed E-state index contributed by atoms with van der Waals surface area (Å²) in [5.74, 6) is 0. The summed E-state index contributed by atoms with van der Waals surface area (Å²) in [5.41, 5.74) is 2.69. The molecule has 93 valence electrons. The van der Waals surface area contributed by atoms with Crippen LogP contribution in [0.2, 0.25) is 0 Å². The molecule has 1 radical (unpaired) electrons. The summed E-state index contributed by atoms with van der Waals surface area (Å²) in [6.07, 6.45) is 5.52. The SMILES string of the molecule is SC(C[CH]c1ccccc1)CCc1ccccc1. The Bertz CT molecular complexity index is 392. The molecule has 2 aromatic rings. The first-order valence-electron chi connectivity index (χ1n) is 6.45. The van der Waals surface area contributed by atoms with Crippen molar-refractivity contribution in [3.05, 3.63) is 78.2 Å². The van der Waals surface area contributed by atoms with E-state index in [2.05, 4.69) is 73.6 Å². The Morgan fingerprint density at radius 1 is 0.889 bits per heavy atom. The van der Waals surface area contributed by atoms with Gasteiger partial charge in [-0.1, -0.05) is 60.7 Å². The molecule has 0 saturated heterocycles. The summed E-state index contributed by atoms with van der Waals surface area (Å²) in [6.45, 7) is 0. The molecule has 1 atom stereocenters. The molecule has 0 spiro atoms. The van der Waals surface area contributed by atoms with E-state index in [1.54, 1.807) is 0 Å². The van der Waals surface area contributed by atoms with E-state index in [-0.39, 0.29) is 0 Å². The van der Waals surface area contributed by atoms with Crippen molar-refractivity contribution in [1.82, 2.24) is 0 Å². The Kier molecular flexibility index (Phi) is 5.35. The summed E-state index contributed by atoms with van der Waals surface area (Å²) >= 11 is 4.66. The minimum atomic E-state index is 0.436. The van der Waals surface area contributed by atoms with Gasteiger partial charge in [0, 0.05) is 5.25 Å². The predicted molar refractivity (Wildman–Crippen MR) is 82.0 cm³/mol. The first-order chi connectivity index (χ1) is 8.84. The highest BCUT2D eigenvalue weighted by Crippen LogP contribution is 2.16. The lowest BCUT2D eigenvalue weighted by molar-refractivity contribution is 0.754. The Labute approximate surface area is 115 Å². The van der Waals surface area contributed by atoms with E-state index in [9.17, 15) is 0 Å². The average molecular weight is 255 g/mol. The number of rotatable bonds is 6. The first-order valence-corrected chi connectivity index (χ1v) is 6.96. The molecule has 2 rings (SSSR count). The molecule has 1 heteroatoms. The highest BCUT2D eigenvalue weighted by Gasteiger charge is 2.04. The van der Waals surface area contributed by atoms with Crippen molar-refractivity contribution in [1.29, 1.82) is 0 Å². The second-order valence-electron chi connectivity index (χ2n) is 4.53. The number of benzene rings is 2. The van der Waals surface area contributed by atoms with Crippen LogP contribution in [0.3, 0.4) is 0 Å². The zero-order chi connectivity index (χ0) is 12.6. The Balaban J connectivity index is 1.71. The van der Waals surface area contributed by atoms with Gasteiger partial charge in [0.15, 0.2) is 0 Å². The molecule has 18 heavy (non-hydrogen) atoms. The summed E-state index contributed by atoms with van der Waals surface area (Å²) in [7, 11) is 0. The predicted octanol–water partition coefficient (Wildman–Crippen LogP) is 4.56. The summed E-state index contributed by atoms with van der Waals surface area (Å²) < 4.78 is 0. The maximum absolute atomic E-state index is 4.66. The van der Waals surface area contributed by atoms with Crippen LogP contribution in [0.1, 0.15) is 24.0 Å². The van der Waals surface area contributed by atoms with Gasteiger partial charge >= 0.3 is 0 Å². The van der Waals surface area contributed by atoms with Gasteiger partial charge in [-0.3, -0.25) is 0 Å². The van der Waals surface area contributed by atoms with Gasteiger partial charge in [0.2, 0.25) is 0 Å². The molecule has 0 aliphatic carbocycles. The minimum absolute atomic E-state index is 0.436. The maximum Gasteiger partial charge on any atom is 0.00260 e. The van der Waals surface area contributed by atoms with Crippen molar-refractivity contribution >= 4 is 12.6 Å². The van der Waals surface area contributed by atoms with Crippen molar-refractivity contribution in [3.8, 4) is 0 Å². The minimum Gasteiger partial charge on any atom is -0.176 e. The fraction of sp³-hybridized carbons (Fsp3) is 0.235. The molecule has 0 aliphatic rings. The quantitative estimate of drug-likeness (QED) is 0.719. The Hall–Kier alpha value is -1.21. The van der Waals surface area contributed by atoms with Crippen molar-refractivity contribution in [3.63, 3.8) is 0 Å². The average Bonchev–Trinajstić information content (AvgIpc) is 2.45. The van der Waals surface area contributed by atoms with Crippen molar-refractivity contribution in [2.24, 2.45) is 0 Å². The van der Waals surface area contributed by atoms with Crippen LogP contribution in [0.15, 0.2) is 60.7 Å². The Morgan fingerprint density at radius 3 is 2.17 bits per heavy atom. The second kappa shape index (κ2) is 7.27. The van der Waals surface area contributed by atoms with Gasteiger partial charge in [0.1, 0.15) is 0 Å². The smallest absolute Gasteiger partial charge is 0.00260 e. The van der Waals surface area contributed by atoms with Gasteiger partial charge < -0.3 is 0 Å². The van der Waals surface area contributed by atoms with E-state index in [0.29, 0.717) is 5.25 Å². The van der Waals surface area contributed by atoms with Gasteiger partial charge in [-0.25, -0.2) is 0 Å². The molecular formula is C17H19S. The van der Waals surface area contributed by atoms with Crippen LogP contribution in [0, 0.1) is 6.42 Å². The van der Waals surface area contributed by atoms with Crippen LogP contribution in [-0.4, -0.2) is 5.25 Å². The zero-order valence-electron chi connectivity index (χ0n) is 10.5. The molecule has 0 amide bonds. The highest BCUT2D eigenvalue weighted by molar-refractivity contribution is 7.80. The third kappa shape index (κ3) is 4.58. The number of thiol groups is 1. The van der Waals surface area contributed by atoms with Crippen LogP contribution >= 0.6 is 12.6 Å². The molecular weight excluding hydrogens is 236 g/mol. The van der Waals surface area contributed by atoms with Crippen LogP contribution in [0.4, 0.5) is 0 Å². The third-order valence-corrected chi connectivity index (χ3v) is 3.50. The zero-order valence-corrected chi connectivity index (χ0v) is 11.4. The largest absolute Gasteiger partial charge is 0.176 e. The van der Waals surface area contributed by atoms with Gasteiger partial charge in [-0.05, 0) is 36.8 Å².